The van der Waals surface area contributed by atoms with Crippen LogP contribution in [0.1, 0.15) is 25.3 Å². The number of rotatable bonds is 5. The van der Waals surface area contributed by atoms with Crippen LogP contribution in [-0.2, 0) is 10.0 Å². The van der Waals surface area contributed by atoms with Gasteiger partial charge in [0.1, 0.15) is 10.6 Å². The van der Waals surface area contributed by atoms with Gasteiger partial charge in [-0.3, -0.25) is 0 Å². The molecule has 0 amide bonds. The van der Waals surface area contributed by atoms with Crippen molar-refractivity contribution in [3.63, 3.8) is 0 Å². The minimum absolute atomic E-state index is 0. The summed E-state index contributed by atoms with van der Waals surface area (Å²) in [6.45, 7) is 4.20. The maximum atomic E-state index is 12.5. The lowest BCUT2D eigenvalue weighted by molar-refractivity contribution is 0.238. The summed E-state index contributed by atoms with van der Waals surface area (Å²) in [4.78, 5) is 0.0568. The van der Waals surface area contributed by atoms with Crippen molar-refractivity contribution in [1.82, 2.24) is 10.0 Å². The van der Waals surface area contributed by atoms with E-state index in [4.69, 9.17) is 10.00 Å². The van der Waals surface area contributed by atoms with Gasteiger partial charge in [-0.05, 0) is 43.0 Å². The van der Waals surface area contributed by atoms with Gasteiger partial charge in [0.05, 0.1) is 18.7 Å². The molecular formula is C15H22ClN3O3S. The monoisotopic (exact) mass is 359 g/mol. The normalized spacial score (nSPS) is 21.1. The van der Waals surface area contributed by atoms with Gasteiger partial charge < -0.3 is 10.1 Å². The topological polar surface area (TPSA) is 91.2 Å². The van der Waals surface area contributed by atoms with Crippen LogP contribution in [0.5, 0.6) is 5.75 Å². The average molecular weight is 360 g/mol. The molecule has 2 N–H and O–H groups in total. The molecule has 128 valence electrons. The predicted octanol–water partition coefficient (Wildman–Crippen LogP) is 1.66. The molecule has 1 fully saturated rings. The van der Waals surface area contributed by atoms with E-state index in [9.17, 15) is 8.42 Å². The van der Waals surface area contributed by atoms with E-state index in [1.165, 1.54) is 25.3 Å². The van der Waals surface area contributed by atoms with Gasteiger partial charge in [-0.2, -0.15) is 5.26 Å². The third-order valence-electron chi connectivity index (χ3n) is 3.96. The van der Waals surface area contributed by atoms with Crippen LogP contribution in [0.2, 0.25) is 0 Å². The van der Waals surface area contributed by atoms with Crippen molar-refractivity contribution >= 4 is 22.4 Å². The quantitative estimate of drug-likeness (QED) is 0.834. The van der Waals surface area contributed by atoms with E-state index >= 15 is 0 Å². The molecule has 1 aromatic rings. The molecule has 8 heteroatoms. The molecule has 0 aromatic heterocycles. The molecule has 1 aromatic carbocycles. The fourth-order valence-corrected chi connectivity index (χ4v) is 3.92. The fraction of sp³-hybridized carbons (Fsp3) is 0.533. The maximum Gasteiger partial charge on any atom is 0.244 e. The van der Waals surface area contributed by atoms with Crippen LogP contribution in [0.4, 0.5) is 0 Å². The van der Waals surface area contributed by atoms with Gasteiger partial charge in [0.2, 0.25) is 10.0 Å². The van der Waals surface area contributed by atoms with Crippen molar-refractivity contribution in [2.75, 3.05) is 26.7 Å². The summed E-state index contributed by atoms with van der Waals surface area (Å²) in [7, 11) is -2.29. The fourth-order valence-electron chi connectivity index (χ4n) is 2.58. The third-order valence-corrected chi connectivity index (χ3v) is 5.40. The Balaban J connectivity index is 0.00000264. The van der Waals surface area contributed by atoms with E-state index in [0.717, 1.165) is 25.9 Å². The Bertz CT molecular complexity index is 680. The molecule has 1 heterocycles. The van der Waals surface area contributed by atoms with Gasteiger partial charge in [-0.1, -0.05) is 6.92 Å². The number of nitriles is 1. The van der Waals surface area contributed by atoms with Crippen molar-refractivity contribution in [3.05, 3.63) is 23.8 Å². The van der Waals surface area contributed by atoms with Gasteiger partial charge in [0, 0.05) is 13.1 Å². The Hall–Kier alpha value is -1.33. The van der Waals surface area contributed by atoms with Gasteiger partial charge in [0.15, 0.2) is 0 Å². The van der Waals surface area contributed by atoms with Gasteiger partial charge >= 0.3 is 0 Å². The number of halogens is 1. The van der Waals surface area contributed by atoms with Crippen LogP contribution in [-0.4, -0.2) is 35.2 Å². The molecule has 1 aliphatic rings. The van der Waals surface area contributed by atoms with Crippen LogP contribution in [0.15, 0.2) is 23.1 Å². The molecule has 0 radical (unpaired) electrons. The summed E-state index contributed by atoms with van der Waals surface area (Å²) < 4.78 is 32.8. The molecule has 0 aliphatic carbocycles. The number of methoxy groups -OCH3 is 1. The second-order valence-corrected chi connectivity index (χ2v) is 7.63. The molecule has 0 saturated carbocycles. The van der Waals surface area contributed by atoms with Crippen LogP contribution < -0.4 is 14.8 Å². The number of hydrogen-bond acceptors (Lipinski definition) is 5. The Morgan fingerprint density at radius 3 is 2.78 bits per heavy atom. The van der Waals surface area contributed by atoms with E-state index in [1.807, 2.05) is 6.07 Å². The lowest BCUT2D eigenvalue weighted by atomic mass is 9.83. The smallest absolute Gasteiger partial charge is 0.244 e. The summed E-state index contributed by atoms with van der Waals surface area (Å²) >= 11 is 0. The Kier molecular flexibility index (Phi) is 6.84. The van der Waals surface area contributed by atoms with Crippen molar-refractivity contribution < 1.29 is 13.2 Å². The first-order valence-corrected chi connectivity index (χ1v) is 8.67. The molecule has 1 unspecified atom stereocenters. The maximum absolute atomic E-state index is 12.5. The van der Waals surface area contributed by atoms with E-state index in [1.54, 1.807) is 0 Å². The number of ether oxygens (including phenoxy) is 1. The molecule has 0 spiro atoms. The molecule has 23 heavy (non-hydrogen) atoms. The largest absolute Gasteiger partial charge is 0.495 e. The first kappa shape index (κ1) is 19.7. The molecule has 6 nitrogen and oxygen atoms in total. The SMILES string of the molecule is COc1cc(C#N)ccc1S(=O)(=O)NCC1(C)CCCNC1.Cl. The molecule has 2 rings (SSSR count). The third kappa shape index (κ3) is 4.82. The molecule has 1 atom stereocenters. The van der Waals surface area contributed by atoms with Crippen LogP contribution in [0.25, 0.3) is 0 Å². The zero-order chi connectivity index (χ0) is 16.2. The van der Waals surface area contributed by atoms with E-state index in [0.29, 0.717) is 12.1 Å². The first-order chi connectivity index (χ1) is 10.4. The number of nitrogens with zero attached hydrogens (tertiary/aromatic N) is 1. The second-order valence-electron chi connectivity index (χ2n) is 5.89. The number of benzene rings is 1. The lowest BCUT2D eigenvalue weighted by Crippen LogP contribution is -2.45. The molecule has 1 saturated heterocycles. The van der Waals surface area contributed by atoms with Gasteiger partial charge in [-0.15, -0.1) is 12.4 Å². The first-order valence-electron chi connectivity index (χ1n) is 7.19. The summed E-state index contributed by atoms with van der Waals surface area (Å²) in [6.07, 6.45) is 2.02. The molecule has 1 aliphatic heterocycles. The summed E-state index contributed by atoms with van der Waals surface area (Å²) in [5.41, 5.74) is 0.268. The second kappa shape index (κ2) is 7.97. The van der Waals surface area contributed by atoms with Crippen LogP contribution in [0.3, 0.4) is 0 Å². The van der Waals surface area contributed by atoms with Gasteiger partial charge in [0.25, 0.3) is 0 Å². The van der Waals surface area contributed by atoms with E-state index in [-0.39, 0.29) is 28.5 Å². The minimum Gasteiger partial charge on any atom is -0.495 e. The highest BCUT2D eigenvalue weighted by Crippen LogP contribution is 2.27. The van der Waals surface area contributed by atoms with E-state index in [2.05, 4.69) is 17.0 Å². The highest BCUT2D eigenvalue weighted by molar-refractivity contribution is 7.89. The minimum atomic E-state index is -3.68. The molecule has 0 bridgehead atoms. The van der Waals surface area contributed by atoms with E-state index < -0.39 is 10.0 Å². The Morgan fingerprint density at radius 2 is 2.22 bits per heavy atom. The highest BCUT2D eigenvalue weighted by atomic mass is 35.5. The standard InChI is InChI=1S/C15H21N3O3S.ClH/c1-15(6-3-7-17-10-15)11-18-22(19,20)14-5-4-12(9-16)8-13(14)21-2;/h4-5,8,17-18H,3,6-7,10-11H2,1-2H3;1H. The number of sulfonamides is 1. The summed E-state index contributed by atoms with van der Waals surface area (Å²) in [5.74, 6) is 0.179. The van der Waals surface area contributed by atoms with Crippen molar-refractivity contribution in [1.29, 1.82) is 5.26 Å². The van der Waals surface area contributed by atoms with Crippen LogP contribution in [0, 0.1) is 16.7 Å². The number of nitrogens with one attached hydrogen (secondary N) is 2. The Morgan fingerprint density at radius 1 is 1.48 bits per heavy atom. The lowest BCUT2D eigenvalue weighted by Gasteiger charge is -2.34. The molecular weight excluding hydrogens is 338 g/mol. The summed E-state index contributed by atoms with van der Waals surface area (Å²) in [5, 5.41) is 12.2. The highest BCUT2D eigenvalue weighted by Gasteiger charge is 2.29. The zero-order valence-electron chi connectivity index (χ0n) is 13.3. The summed E-state index contributed by atoms with van der Waals surface area (Å²) in [6, 6.07) is 6.27. The van der Waals surface area contributed by atoms with Gasteiger partial charge in [-0.25, -0.2) is 13.1 Å². The Labute approximate surface area is 143 Å². The van der Waals surface area contributed by atoms with Crippen molar-refractivity contribution in [2.45, 2.75) is 24.7 Å². The van der Waals surface area contributed by atoms with Crippen molar-refractivity contribution in [3.8, 4) is 11.8 Å². The average Bonchev–Trinajstić information content (AvgIpc) is 2.53. The van der Waals surface area contributed by atoms with Crippen LogP contribution >= 0.6 is 12.4 Å². The predicted molar refractivity (Wildman–Crippen MR) is 90.4 cm³/mol. The number of hydrogen-bond donors (Lipinski definition) is 2. The van der Waals surface area contributed by atoms with Crippen molar-refractivity contribution in [2.24, 2.45) is 5.41 Å². The zero-order valence-corrected chi connectivity index (χ0v) is 14.9. The number of piperidine rings is 1.